The summed E-state index contributed by atoms with van der Waals surface area (Å²) in [5.74, 6) is 0.336. The van der Waals surface area contributed by atoms with Crippen LogP contribution in [0.5, 0.6) is 5.75 Å². The summed E-state index contributed by atoms with van der Waals surface area (Å²) in [5, 5.41) is 12.2. The molecule has 1 heterocycles. The molecule has 4 rings (SSSR count). The van der Waals surface area contributed by atoms with Crippen molar-refractivity contribution in [1.82, 2.24) is 9.80 Å². The monoisotopic (exact) mass is 387 g/mol. The molecule has 0 aromatic heterocycles. The first-order chi connectivity index (χ1) is 14.1. The zero-order chi connectivity index (χ0) is 20.2. The highest BCUT2D eigenvalue weighted by Crippen LogP contribution is 2.26. The number of aliphatic imine (C=N–C) groups is 1. The molecule has 5 heteroatoms. The van der Waals surface area contributed by atoms with Gasteiger partial charge in [0.05, 0.1) is 12.2 Å². The maximum atomic E-state index is 12.5. The third-order valence-electron chi connectivity index (χ3n) is 5.44. The van der Waals surface area contributed by atoms with Crippen LogP contribution in [-0.2, 0) is 0 Å². The Morgan fingerprint density at radius 3 is 2.48 bits per heavy atom. The largest absolute Gasteiger partial charge is 0.507 e. The van der Waals surface area contributed by atoms with Gasteiger partial charge in [0, 0.05) is 43.5 Å². The number of phenols is 1. The normalized spacial score (nSPS) is 15.9. The zero-order valence-corrected chi connectivity index (χ0v) is 16.6. The van der Waals surface area contributed by atoms with Crippen molar-refractivity contribution in [2.24, 2.45) is 4.99 Å². The molecule has 3 aromatic carbocycles. The van der Waals surface area contributed by atoms with Crippen LogP contribution in [0.3, 0.4) is 0 Å². The maximum Gasteiger partial charge on any atom is 0.176 e. The maximum absolute atomic E-state index is 12.5. The molecule has 1 saturated heterocycles. The fourth-order valence-electron chi connectivity index (χ4n) is 3.59. The molecule has 3 aromatic rings. The van der Waals surface area contributed by atoms with Gasteiger partial charge < -0.3 is 10.0 Å². The van der Waals surface area contributed by atoms with Crippen molar-refractivity contribution >= 4 is 28.5 Å². The van der Waals surface area contributed by atoms with Crippen LogP contribution in [0.25, 0.3) is 10.8 Å². The second-order valence-electron chi connectivity index (χ2n) is 7.53. The number of fused-ring (bicyclic) bond motifs is 1. The van der Waals surface area contributed by atoms with E-state index in [1.807, 2.05) is 54.6 Å². The molecule has 1 N–H and O–H groups in total. The van der Waals surface area contributed by atoms with Gasteiger partial charge in [-0.3, -0.25) is 14.7 Å². The molecule has 5 nitrogen and oxygen atoms in total. The van der Waals surface area contributed by atoms with Gasteiger partial charge >= 0.3 is 0 Å². The van der Waals surface area contributed by atoms with Crippen molar-refractivity contribution < 1.29 is 9.90 Å². The third-order valence-corrected chi connectivity index (χ3v) is 5.44. The molecule has 0 unspecified atom stereocenters. The van der Waals surface area contributed by atoms with E-state index in [1.54, 1.807) is 12.3 Å². The molecule has 0 spiro atoms. The smallest absolute Gasteiger partial charge is 0.176 e. The van der Waals surface area contributed by atoms with Crippen LogP contribution in [0.2, 0.25) is 0 Å². The van der Waals surface area contributed by atoms with Gasteiger partial charge in [-0.05, 0) is 48.2 Å². The number of nitrogens with zero attached hydrogens (tertiary/aromatic N) is 3. The van der Waals surface area contributed by atoms with E-state index >= 15 is 0 Å². The van der Waals surface area contributed by atoms with Crippen LogP contribution in [0.4, 0.5) is 5.69 Å². The van der Waals surface area contributed by atoms with Gasteiger partial charge in [0.15, 0.2) is 5.78 Å². The molecule has 0 bridgehead atoms. The van der Waals surface area contributed by atoms with E-state index < -0.39 is 0 Å². The minimum atomic E-state index is 0.136. The molecule has 1 aliphatic rings. The van der Waals surface area contributed by atoms with E-state index in [0.29, 0.717) is 17.7 Å². The first kappa shape index (κ1) is 19.3. The quantitative estimate of drug-likeness (QED) is 0.535. The number of hydrogen-bond donors (Lipinski definition) is 1. The number of phenolic OH excluding ortho intramolecular Hbond substituents is 1. The summed E-state index contributed by atoms with van der Waals surface area (Å²) in [5.41, 5.74) is 2.14. The van der Waals surface area contributed by atoms with E-state index in [-0.39, 0.29) is 11.5 Å². The summed E-state index contributed by atoms with van der Waals surface area (Å²) in [6, 6.07) is 18.8. The van der Waals surface area contributed by atoms with Crippen molar-refractivity contribution in [3.05, 3.63) is 71.8 Å². The van der Waals surface area contributed by atoms with E-state index in [4.69, 9.17) is 0 Å². The number of hydrogen-bond acceptors (Lipinski definition) is 5. The molecular formula is C24H25N3O2. The van der Waals surface area contributed by atoms with Gasteiger partial charge in [-0.25, -0.2) is 0 Å². The van der Waals surface area contributed by atoms with Gasteiger partial charge in [-0.1, -0.05) is 30.3 Å². The Morgan fingerprint density at radius 1 is 1.00 bits per heavy atom. The minimum absolute atomic E-state index is 0.136. The van der Waals surface area contributed by atoms with Crippen molar-refractivity contribution in [1.29, 1.82) is 0 Å². The van der Waals surface area contributed by atoms with Gasteiger partial charge in [-0.15, -0.1) is 0 Å². The Bertz CT molecular complexity index is 1040. The van der Waals surface area contributed by atoms with Gasteiger partial charge in [-0.2, -0.15) is 0 Å². The highest BCUT2D eigenvalue weighted by atomic mass is 16.3. The summed E-state index contributed by atoms with van der Waals surface area (Å²) >= 11 is 0. The molecule has 0 saturated carbocycles. The summed E-state index contributed by atoms with van der Waals surface area (Å²) < 4.78 is 0. The first-order valence-corrected chi connectivity index (χ1v) is 9.89. The van der Waals surface area contributed by atoms with Crippen LogP contribution in [0, 0.1) is 0 Å². The van der Waals surface area contributed by atoms with E-state index in [9.17, 15) is 9.90 Å². The fourth-order valence-corrected chi connectivity index (χ4v) is 3.59. The van der Waals surface area contributed by atoms with Crippen molar-refractivity contribution in [3.8, 4) is 5.75 Å². The number of aromatic hydroxyl groups is 1. The van der Waals surface area contributed by atoms with Crippen LogP contribution < -0.4 is 0 Å². The predicted molar refractivity (Wildman–Crippen MR) is 118 cm³/mol. The highest BCUT2D eigenvalue weighted by molar-refractivity contribution is 6.03. The standard InChI is InChI=1S/C24H25N3O2/c1-26-12-14-27(15-13-26)17-24(29)19-6-9-20(10-7-19)25-16-22-21-5-3-2-4-18(21)8-11-23(22)28/h2-11,16,28H,12-15,17H2,1H3. The number of ketones is 1. The number of carbonyl (C=O) groups excluding carboxylic acids is 1. The van der Waals surface area contributed by atoms with Crippen LogP contribution >= 0.6 is 0 Å². The van der Waals surface area contributed by atoms with Gasteiger partial charge in [0.25, 0.3) is 0 Å². The lowest BCUT2D eigenvalue weighted by molar-refractivity contribution is 0.0876. The molecular weight excluding hydrogens is 362 g/mol. The third kappa shape index (κ3) is 4.53. The Hall–Kier alpha value is -3.02. The topological polar surface area (TPSA) is 56.1 Å². The molecule has 0 aliphatic carbocycles. The van der Waals surface area contributed by atoms with Crippen molar-refractivity contribution in [2.45, 2.75) is 0 Å². The van der Waals surface area contributed by atoms with Crippen LogP contribution in [-0.4, -0.2) is 66.7 Å². The number of piperazine rings is 1. The lowest BCUT2D eigenvalue weighted by Crippen LogP contribution is -2.46. The summed E-state index contributed by atoms with van der Waals surface area (Å²) in [6.45, 7) is 4.32. The molecule has 148 valence electrons. The Balaban J connectivity index is 1.46. The summed E-state index contributed by atoms with van der Waals surface area (Å²) in [4.78, 5) is 21.5. The predicted octanol–water partition coefficient (Wildman–Crippen LogP) is 3.73. The lowest BCUT2D eigenvalue weighted by atomic mass is 10.0. The SMILES string of the molecule is CN1CCN(CC(=O)c2ccc(N=Cc3c(O)ccc4ccccc34)cc2)CC1. The van der Waals surface area contributed by atoms with Crippen molar-refractivity contribution in [2.75, 3.05) is 39.8 Å². The number of carbonyl (C=O) groups is 1. The second-order valence-corrected chi connectivity index (χ2v) is 7.53. The first-order valence-electron chi connectivity index (χ1n) is 9.89. The molecule has 1 aliphatic heterocycles. The zero-order valence-electron chi connectivity index (χ0n) is 16.6. The van der Waals surface area contributed by atoms with Gasteiger partial charge in [0.1, 0.15) is 5.75 Å². The van der Waals surface area contributed by atoms with Gasteiger partial charge in [0.2, 0.25) is 0 Å². The van der Waals surface area contributed by atoms with Crippen LogP contribution in [0.1, 0.15) is 15.9 Å². The number of likely N-dealkylation sites (N-methyl/N-ethyl adjacent to an activating group) is 1. The van der Waals surface area contributed by atoms with Crippen LogP contribution in [0.15, 0.2) is 65.7 Å². The average molecular weight is 387 g/mol. The second kappa shape index (κ2) is 8.55. The van der Waals surface area contributed by atoms with E-state index in [0.717, 1.165) is 42.6 Å². The van der Waals surface area contributed by atoms with E-state index in [2.05, 4.69) is 21.8 Å². The minimum Gasteiger partial charge on any atom is -0.507 e. The molecule has 0 amide bonds. The molecule has 1 fully saturated rings. The Kier molecular flexibility index (Phi) is 5.69. The summed E-state index contributed by atoms with van der Waals surface area (Å²) in [6.07, 6.45) is 1.68. The fraction of sp³-hybridized carbons (Fsp3) is 0.250. The Labute approximate surface area is 170 Å². The number of rotatable bonds is 5. The number of Topliss-reactive ketones (excluding diaryl/α,β-unsaturated/α-hetero) is 1. The Morgan fingerprint density at radius 2 is 1.72 bits per heavy atom. The molecule has 29 heavy (non-hydrogen) atoms. The lowest BCUT2D eigenvalue weighted by Gasteiger charge is -2.31. The molecule has 0 atom stereocenters. The number of benzene rings is 3. The van der Waals surface area contributed by atoms with Crippen molar-refractivity contribution in [3.63, 3.8) is 0 Å². The molecule has 0 radical (unpaired) electrons. The summed E-state index contributed by atoms with van der Waals surface area (Å²) in [7, 11) is 2.11. The average Bonchev–Trinajstić information content (AvgIpc) is 2.75. The highest BCUT2D eigenvalue weighted by Gasteiger charge is 2.17. The van der Waals surface area contributed by atoms with E-state index in [1.165, 1.54) is 0 Å².